The van der Waals surface area contributed by atoms with Gasteiger partial charge in [-0.25, -0.2) is 13.9 Å². The van der Waals surface area contributed by atoms with Crippen LogP contribution in [0.15, 0.2) is 48.8 Å². The Kier molecular flexibility index (Phi) is 5.58. The van der Waals surface area contributed by atoms with Crippen molar-refractivity contribution in [3.8, 4) is 11.3 Å². The number of hydrogen-bond acceptors (Lipinski definition) is 4. The Labute approximate surface area is 151 Å². The second kappa shape index (κ2) is 8.05. The molecule has 0 bridgehead atoms. The minimum absolute atomic E-state index is 0.355. The van der Waals surface area contributed by atoms with Gasteiger partial charge in [0.2, 0.25) is 5.91 Å². The summed E-state index contributed by atoms with van der Waals surface area (Å²) in [6, 6.07) is 10.7. The molecule has 0 saturated heterocycles. The van der Waals surface area contributed by atoms with Crippen molar-refractivity contribution in [2.75, 3.05) is 13.3 Å². The summed E-state index contributed by atoms with van der Waals surface area (Å²) < 4.78 is 14.7. The molecule has 7 heteroatoms. The highest BCUT2D eigenvalue weighted by Crippen LogP contribution is 2.19. The van der Waals surface area contributed by atoms with Gasteiger partial charge in [-0.2, -0.15) is 5.10 Å². The van der Waals surface area contributed by atoms with Crippen molar-refractivity contribution in [1.82, 2.24) is 19.5 Å². The summed E-state index contributed by atoms with van der Waals surface area (Å²) in [7, 11) is 0. The molecule has 3 aromatic rings. The van der Waals surface area contributed by atoms with E-state index in [1.54, 1.807) is 10.7 Å². The number of carbonyl (C=O) groups is 1. The molecule has 136 valence electrons. The van der Waals surface area contributed by atoms with E-state index in [0.717, 1.165) is 27.4 Å². The van der Waals surface area contributed by atoms with E-state index in [1.807, 2.05) is 49.5 Å². The topological polar surface area (TPSA) is 76.5 Å². The highest BCUT2D eigenvalue weighted by molar-refractivity contribution is 5.82. The Balaban J connectivity index is 1.70. The number of halogens is 1. The summed E-state index contributed by atoms with van der Waals surface area (Å²) in [6.45, 7) is 1.47. The van der Waals surface area contributed by atoms with Crippen LogP contribution >= 0.6 is 0 Å². The molecule has 0 aliphatic heterocycles. The molecule has 1 amide bonds. The Hall–Kier alpha value is -2.80. The maximum atomic E-state index is 13.0. The van der Waals surface area contributed by atoms with Crippen LogP contribution in [0, 0.1) is 0 Å². The Bertz CT molecular complexity index is 877. The van der Waals surface area contributed by atoms with Crippen molar-refractivity contribution in [2.45, 2.75) is 25.8 Å². The monoisotopic (exact) mass is 355 g/mol. The number of hydrogen-bond donors (Lipinski definition) is 1. The van der Waals surface area contributed by atoms with E-state index in [0.29, 0.717) is 19.4 Å². The van der Waals surface area contributed by atoms with Crippen LogP contribution in [0.25, 0.3) is 16.9 Å². The lowest BCUT2D eigenvalue weighted by Crippen LogP contribution is -2.44. The van der Waals surface area contributed by atoms with Crippen molar-refractivity contribution in [3.05, 3.63) is 54.4 Å². The number of aromatic nitrogens is 3. The summed E-state index contributed by atoms with van der Waals surface area (Å²) in [5, 5.41) is 4.13. The molecular formula is C19H22FN5O. The third-order valence-electron chi connectivity index (χ3n) is 4.23. The minimum atomic E-state index is -0.804. The van der Waals surface area contributed by atoms with Gasteiger partial charge in [-0.05, 0) is 24.5 Å². The van der Waals surface area contributed by atoms with Crippen molar-refractivity contribution < 1.29 is 9.18 Å². The van der Waals surface area contributed by atoms with Gasteiger partial charge in [0.1, 0.15) is 0 Å². The molecule has 2 heterocycles. The summed E-state index contributed by atoms with van der Waals surface area (Å²) >= 11 is 0. The lowest BCUT2D eigenvalue weighted by molar-refractivity contribution is -0.134. The van der Waals surface area contributed by atoms with Gasteiger partial charge in [0.25, 0.3) is 0 Å². The smallest absolute Gasteiger partial charge is 0.241 e. The van der Waals surface area contributed by atoms with E-state index in [2.05, 4.69) is 10.1 Å². The van der Waals surface area contributed by atoms with Crippen LogP contribution < -0.4 is 5.73 Å². The number of carbonyl (C=O) groups excluding carboxylic acids is 1. The maximum Gasteiger partial charge on any atom is 0.241 e. The van der Waals surface area contributed by atoms with E-state index in [-0.39, 0.29) is 5.91 Å². The van der Waals surface area contributed by atoms with Crippen molar-refractivity contribution in [1.29, 1.82) is 0 Å². The molecule has 0 fully saturated rings. The molecule has 26 heavy (non-hydrogen) atoms. The van der Waals surface area contributed by atoms with E-state index < -0.39 is 12.8 Å². The maximum absolute atomic E-state index is 13.0. The molecule has 6 nitrogen and oxygen atoms in total. The lowest BCUT2D eigenvalue weighted by Gasteiger charge is -2.22. The van der Waals surface area contributed by atoms with E-state index >= 15 is 0 Å². The quantitative estimate of drug-likeness (QED) is 0.661. The van der Waals surface area contributed by atoms with Gasteiger partial charge in [0, 0.05) is 24.4 Å². The molecule has 0 aliphatic carbocycles. The fraction of sp³-hybridized carbons (Fsp3) is 0.316. The summed E-state index contributed by atoms with van der Waals surface area (Å²) in [4.78, 5) is 17.9. The predicted octanol–water partition coefficient (Wildman–Crippen LogP) is 2.43. The molecule has 0 aliphatic rings. The van der Waals surface area contributed by atoms with Crippen molar-refractivity contribution in [2.24, 2.45) is 5.73 Å². The molecule has 3 rings (SSSR count). The first kappa shape index (κ1) is 18.0. The van der Waals surface area contributed by atoms with Gasteiger partial charge in [-0.15, -0.1) is 0 Å². The first-order chi connectivity index (χ1) is 12.6. The number of amides is 1. The summed E-state index contributed by atoms with van der Waals surface area (Å²) in [5.41, 5.74) is 9.49. The van der Waals surface area contributed by atoms with Crippen molar-refractivity contribution in [3.63, 3.8) is 0 Å². The Morgan fingerprint density at radius 3 is 2.73 bits per heavy atom. The molecule has 0 spiro atoms. The molecule has 1 aromatic carbocycles. The van der Waals surface area contributed by atoms with Gasteiger partial charge in [-0.3, -0.25) is 4.79 Å². The van der Waals surface area contributed by atoms with E-state index in [1.165, 1.54) is 0 Å². The zero-order chi connectivity index (χ0) is 18.5. The first-order valence-electron chi connectivity index (χ1n) is 8.62. The molecule has 0 saturated carbocycles. The van der Waals surface area contributed by atoms with Gasteiger partial charge < -0.3 is 10.6 Å². The van der Waals surface area contributed by atoms with Crippen LogP contribution in [0.3, 0.4) is 0 Å². The number of benzene rings is 1. The van der Waals surface area contributed by atoms with Gasteiger partial charge >= 0.3 is 0 Å². The van der Waals surface area contributed by atoms with Crippen LogP contribution in [0.4, 0.5) is 4.39 Å². The molecular weight excluding hydrogens is 333 g/mol. The van der Waals surface area contributed by atoms with E-state index in [4.69, 9.17) is 5.73 Å². The average Bonchev–Trinajstić information content (AvgIpc) is 3.14. The first-order valence-corrected chi connectivity index (χ1v) is 8.62. The van der Waals surface area contributed by atoms with Gasteiger partial charge in [0.05, 0.1) is 17.9 Å². The number of nitrogens with zero attached hydrogens (tertiary/aromatic N) is 4. The number of fused-ring (bicyclic) bond motifs is 1. The Morgan fingerprint density at radius 1 is 1.27 bits per heavy atom. The SMILES string of the molecule is CCCN(CF)C(=O)[C@@H](N)Cc1ccc(-c2ccn3nccc3n2)cc1. The van der Waals surface area contributed by atoms with Crippen LogP contribution in [0.2, 0.25) is 0 Å². The third-order valence-corrected chi connectivity index (χ3v) is 4.23. The molecule has 2 N–H and O–H groups in total. The zero-order valence-electron chi connectivity index (χ0n) is 14.7. The fourth-order valence-electron chi connectivity index (χ4n) is 2.86. The second-order valence-electron chi connectivity index (χ2n) is 6.18. The van der Waals surface area contributed by atoms with Gasteiger partial charge in [0.15, 0.2) is 12.4 Å². The normalized spacial score (nSPS) is 12.3. The van der Waals surface area contributed by atoms with Crippen LogP contribution in [-0.4, -0.2) is 44.8 Å². The third kappa shape index (κ3) is 3.88. The van der Waals surface area contributed by atoms with Crippen LogP contribution in [0.5, 0.6) is 0 Å². The standard InChI is InChI=1S/C19H22FN5O/c1-2-10-24(13-20)19(26)16(21)12-14-3-5-15(6-4-14)17-8-11-25-18(23-17)7-9-22-25/h3-9,11,16H,2,10,12-13,21H2,1H3/t16-/m0/s1. The largest absolute Gasteiger partial charge is 0.320 e. The molecule has 2 aromatic heterocycles. The number of nitrogens with two attached hydrogens (primary N) is 1. The van der Waals surface area contributed by atoms with Gasteiger partial charge in [-0.1, -0.05) is 31.2 Å². The molecule has 1 atom stereocenters. The average molecular weight is 355 g/mol. The summed E-state index contributed by atoms with van der Waals surface area (Å²) in [6.07, 6.45) is 4.63. The van der Waals surface area contributed by atoms with Crippen molar-refractivity contribution >= 4 is 11.6 Å². The number of rotatable bonds is 7. The predicted molar refractivity (Wildman–Crippen MR) is 98.1 cm³/mol. The zero-order valence-corrected chi connectivity index (χ0v) is 14.7. The fourth-order valence-corrected chi connectivity index (χ4v) is 2.86. The molecule has 0 unspecified atom stereocenters. The highest BCUT2D eigenvalue weighted by atomic mass is 19.1. The Morgan fingerprint density at radius 2 is 2.04 bits per heavy atom. The second-order valence-corrected chi connectivity index (χ2v) is 6.18. The minimum Gasteiger partial charge on any atom is -0.320 e. The lowest BCUT2D eigenvalue weighted by atomic mass is 10.0. The van der Waals surface area contributed by atoms with Crippen LogP contribution in [-0.2, 0) is 11.2 Å². The summed E-state index contributed by atoms with van der Waals surface area (Å²) in [5.74, 6) is -0.355. The molecule has 0 radical (unpaired) electrons. The number of alkyl halides is 1. The van der Waals surface area contributed by atoms with Crippen LogP contribution in [0.1, 0.15) is 18.9 Å². The highest BCUT2D eigenvalue weighted by Gasteiger charge is 2.20. The van der Waals surface area contributed by atoms with E-state index in [9.17, 15) is 9.18 Å².